The van der Waals surface area contributed by atoms with E-state index in [-0.39, 0.29) is 29.5 Å². The fraction of sp³-hybridized carbons (Fsp3) is 0.556. The van der Waals surface area contributed by atoms with Crippen molar-refractivity contribution >= 4 is 5.69 Å². The van der Waals surface area contributed by atoms with Crippen molar-refractivity contribution in [1.82, 2.24) is 10.2 Å². The van der Waals surface area contributed by atoms with Gasteiger partial charge in [0.1, 0.15) is 11.4 Å². The molecule has 1 heterocycles. The second-order valence-electron chi connectivity index (χ2n) is 7.13. The number of H-pyrrole nitrogens is 1. The van der Waals surface area contributed by atoms with Crippen LogP contribution in [-0.4, -0.2) is 22.3 Å². The first kappa shape index (κ1) is 20.4. The molecule has 3 rings (SSSR count). The van der Waals surface area contributed by atoms with E-state index in [1.54, 1.807) is 0 Å². The van der Waals surface area contributed by atoms with Gasteiger partial charge in [-0.15, -0.1) is 5.10 Å². The van der Waals surface area contributed by atoms with Gasteiger partial charge < -0.3 is 15.5 Å². The van der Waals surface area contributed by atoms with E-state index < -0.39 is 29.0 Å². The SMILES string of the molecule is CC[C@H](Nc1cc(-c2n[nH]c(=O)o2)cc(F)c1C(F)(F)F)C1CCC(N)CC1. The zero-order valence-electron chi connectivity index (χ0n) is 15.3. The third-order valence-corrected chi connectivity index (χ3v) is 5.23. The van der Waals surface area contributed by atoms with E-state index in [2.05, 4.69) is 10.4 Å². The summed E-state index contributed by atoms with van der Waals surface area (Å²) in [7, 11) is 0. The molecule has 1 saturated carbocycles. The maximum Gasteiger partial charge on any atom is 0.434 e. The lowest BCUT2D eigenvalue weighted by Crippen LogP contribution is -2.36. The minimum atomic E-state index is -4.88. The molecule has 0 radical (unpaired) electrons. The molecule has 154 valence electrons. The predicted molar refractivity (Wildman–Crippen MR) is 95.2 cm³/mol. The van der Waals surface area contributed by atoms with Crippen LogP contribution in [0.25, 0.3) is 11.5 Å². The Kier molecular flexibility index (Phi) is 5.78. The first-order valence-electron chi connectivity index (χ1n) is 9.17. The standard InChI is InChI=1S/C18H22F4N4O2/c1-2-13(9-3-5-11(23)6-4-9)24-14-8-10(16-25-26-17(27)28-16)7-12(19)15(14)18(20,21)22/h7-9,11,13,24H,2-6,23H2,1H3,(H,26,27)/t9?,11?,13-/m0/s1. The number of benzene rings is 1. The first-order chi connectivity index (χ1) is 13.2. The first-order valence-corrected chi connectivity index (χ1v) is 9.17. The van der Waals surface area contributed by atoms with Crippen molar-refractivity contribution in [1.29, 1.82) is 0 Å². The van der Waals surface area contributed by atoms with E-state index in [4.69, 9.17) is 10.2 Å². The zero-order valence-corrected chi connectivity index (χ0v) is 15.3. The number of nitrogens with zero attached hydrogens (tertiary/aromatic N) is 1. The Morgan fingerprint density at radius 1 is 1.32 bits per heavy atom. The molecule has 1 aliphatic carbocycles. The molecule has 0 bridgehead atoms. The quantitative estimate of drug-likeness (QED) is 0.659. The number of hydrogen-bond donors (Lipinski definition) is 3. The van der Waals surface area contributed by atoms with Crippen LogP contribution in [-0.2, 0) is 6.18 Å². The molecule has 6 nitrogen and oxygen atoms in total. The van der Waals surface area contributed by atoms with Crippen LogP contribution in [0, 0.1) is 11.7 Å². The summed E-state index contributed by atoms with van der Waals surface area (Å²) in [4.78, 5) is 11.1. The lowest BCUT2D eigenvalue weighted by molar-refractivity contribution is -0.139. The zero-order chi connectivity index (χ0) is 20.5. The van der Waals surface area contributed by atoms with Crippen molar-refractivity contribution in [3.05, 3.63) is 34.1 Å². The third kappa shape index (κ3) is 4.37. The summed E-state index contributed by atoms with van der Waals surface area (Å²) in [6.07, 6.45) is -1.11. The molecule has 1 aromatic heterocycles. The normalized spacial score (nSPS) is 21.5. The van der Waals surface area contributed by atoms with Gasteiger partial charge in [-0.05, 0) is 50.2 Å². The van der Waals surface area contributed by atoms with E-state index in [1.165, 1.54) is 0 Å². The lowest BCUT2D eigenvalue weighted by Gasteiger charge is -2.34. The van der Waals surface area contributed by atoms with Gasteiger partial charge in [0.15, 0.2) is 0 Å². The topological polar surface area (TPSA) is 96.9 Å². The molecule has 1 atom stereocenters. The number of nitrogens with one attached hydrogen (secondary N) is 2. The maximum absolute atomic E-state index is 14.4. The Bertz CT molecular complexity index is 869. The van der Waals surface area contributed by atoms with Crippen molar-refractivity contribution in [3.8, 4) is 11.5 Å². The second kappa shape index (κ2) is 7.94. The highest BCUT2D eigenvalue weighted by atomic mass is 19.4. The minimum absolute atomic E-state index is 0.0631. The molecule has 0 unspecified atom stereocenters. The highest BCUT2D eigenvalue weighted by Crippen LogP contribution is 2.40. The lowest BCUT2D eigenvalue weighted by atomic mass is 9.81. The van der Waals surface area contributed by atoms with Gasteiger partial charge in [-0.25, -0.2) is 14.3 Å². The smallest absolute Gasteiger partial charge is 0.388 e. The molecule has 0 saturated heterocycles. The Labute approximate surface area is 158 Å². The number of nitrogens with two attached hydrogens (primary N) is 1. The fourth-order valence-electron chi connectivity index (χ4n) is 3.79. The molecule has 0 aliphatic heterocycles. The van der Waals surface area contributed by atoms with Crippen molar-refractivity contribution in [2.45, 2.75) is 57.3 Å². The van der Waals surface area contributed by atoms with Crippen LogP contribution in [0.5, 0.6) is 0 Å². The predicted octanol–water partition coefficient (Wildman–Crippen LogP) is 3.90. The van der Waals surface area contributed by atoms with Crippen molar-refractivity contribution < 1.29 is 22.0 Å². The maximum atomic E-state index is 14.4. The highest BCUT2D eigenvalue weighted by Gasteiger charge is 2.39. The molecule has 28 heavy (non-hydrogen) atoms. The van der Waals surface area contributed by atoms with Gasteiger partial charge in [0.2, 0.25) is 5.89 Å². The summed E-state index contributed by atoms with van der Waals surface area (Å²) >= 11 is 0. The number of hydrogen-bond acceptors (Lipinski definition) is 5. The van der Waals surface area contributed by atoms with Crippen molar-refractivity contribution in [3.63, 3.8) is 0 Å². The van der Waals surface area contributed by atoms with Gasteiger partial charge >= 0.3 is 11.9 Å². The van der Waals surface area contributed by atoms with Crippen LogP contribution in [0.2, 0.25) is 0 Å². The third-order valence-electron chi connectivity index (χ3n) is 5.23. The van der Waals surface area contributed by atoms with Crippen LogP contribution in [0.1, 0.15) is 44.6 Å². The average Bonchev–Trinajstić information content (AvgIpc) is 3.05. The summed E-state index contributed by atoms with van der Waals surface area (Å²) in [6.45, 7) is 1.87. The van der Waals surface area contributed by atoms with Gasteiger partial charge in [0.05, 0.1) is 5.69 Å². The largest absolute Gasteiger partial charge is 0.434 e. The van der Waals surface area contributed by atoms with Gasteiger partial charge in [-0.2, -0.15) is 13.2 Å². The Hall–Kier alpha value is -2.36. The molecular formula is C18H22F4N4O2. The van der Waals surface area contributed by atoms with Crippen LogP contribution in [0.3, 0.4) is 0 Å². The molecule has 1 aliphatic rings. The van der Waals surface area contributed by atoms with Crippen LogP contribution in [0.4, 0.5) is 23.2 Å². The molecule has 0 amide bonds. The molecule has 2 aromatic rings. The number of halogens is 4. The Balaban J connectivity index is 1.98. The Morgan fingerprint density at radius 3 is 2.54 bits per heavy atom. The van der Waals surface area contributed by atoms with E-state index in [1.807, 2.05) is 12.0 Å². The van der Waals surface area contributed by atoms with Crippen molar-refractivity contribution in [2.75, 3.05) is 5.32 Å². The van der Waals surface area contributed by atoms with Gasteiger partial charge in [0.25, 0.3) is 0 Å². The summed E-state index contributed by atoms with van der Waals surface area (Å²) < 4.78 is 59.7. The molecule has 0 spiro atoms. The molecule has 10 heteroatoms. The number of rotatable bonds is 5. The number of aromatic amines is 1. The van der Waals surface area contributed by atoms with E-state index in [9.17, 15) is 22.4 Å². The molecular weight excluding hydrogens is 380 g/mol. The number of anilines is 1. The summed E-state index contributed by atoms with van der Waals surface area (Å²) in [5.74, 6) is -2.48. The summed E-state index contributed by atoms with van der Waals surface area (Å²) in [5, 5.41) is 8.46. The van der Waals surface area contributed by atoms with Crippen LogP contribution < -0.4 is 16.8 Å². The summed E-state index contributed by atoms with van der Waals surface area (Å²) in [6, 6.07) is 1.62. The average molecular weight is 402 g/mol. The van der Waals surface area contributed by atoms with Gasteiger partial charge in [-0.3, -0.25) is 0 Å². The van der Waals surface area contributed by atoms with E-state index in [0.717, 1.165) is 31.7 Å². The van der Waals surface area contributed by atoms with Gasteiger partial charge in [-0.1, -0.05) is 6.92 Å². The summed E-state index contributed by atoms with van der Waals surface area (Å²) in [5.41, 5.74) is 4.08. The van der Waals surface area contributed by atoms with E-state index in [0.29, 0.717) is 12.5 Å². The number of alkyl halides is 3. The van der Waals surface area contributed by atoms with Crippen LogP contribution >= 0.6 is 0 Å². The second-order valence-corrected chi connectivity index (χ2v) is 7.13. The molecule has 1 fully saturated rings. The number of aromatic nitrogens is 2. The monoisotopic (exact) mass is 402 g/mol. The fourth-order valence-corrected chi connectivity index (χ4v) is 3.79. The molecule has 1 aromatic carbocycles. The van der Waals surface area contributed by atoms with Crippen LogP contribution in [0.15, 0.2) is 21.3 Å². The van der Waals surface area contributed by atoms with Crippen molar-refractivity contribution in [2.24, 2.45) is 11.7 Å². The molecule has 4 N–H and O–H groups in total. The highest BCUT2D eigenvalue weighted by molar-refractivity contribution is 5.66. The minimum Gasteiger partial charge on any atom is -0.388 e. The van der Waals surface area contributed by atoms with E-state index >= 15 is 0 Å². The van der Waals surface area contributed by atoms with Gasteiger partial charge in [0, 0.05) is 17.6 Å². The Morgan fingerprint density at radius 2 is 2.00 bits per heavy atom.